The minimum Gasteiger partial charge on any atom is -0.338 e. The van der Waals surface area contributed by atoms with Gasteiger partial charge in [0, 0.05) is 22.5 Å². The summed E-state index contributed by atoms with van der Waals surface area (Å²) in [6, 6.07) is 14.7. The lowest BCUT2D eigenvalue weighted by Gasteiger charge is -2.23. The third kappa shape index (κ3) is 3.02. The molecule has 1 aliphatic carbocycles. The summed E-state index contributed by atoms with van der Waals surface area (Å²) in [4.78, 5) is 4.64. The lowest BCUT2D eigenvalue weighted by atomic mass is 9.95. The van der Waals surface area contributed by atoms with Crippen LogP contribution in [0.4, 0.5) is 11.5 Å². The molecule has 1 aliphatic rings. The van der Waals surface area contributed by atoms with Crippen LogP contribution in [-0.2, 0) is 0 Å². The van der Waals surface area contributed by atoms with Crippen molar-refractivity contribution in [2.45, 2.75) is 38.1 Å². The summed E-state index contributed by atoms with van der Waals surface area (Å²) in [5.74, 6) is 0.695. The number of hydrogen-bond donors (Lipinski definition) is 1. The SMILES string of the molecule is Clc1nnc(Nc2ccc3c(c2)ncn3C2CCCCC2)c2ccccc12. The molecule has 1 N–H and O–H groups in total. The van der Waals surface area contributed by atoms with Crippen LogP contribution in [0.2, 0.25) is 5.15 Å². The van der Waals surface area contributed by atoms with Crippen molar-refractivity contribution in [3.63, 3.8) is 0 Å². The molecule has 0 amide bonds. The maximum absolute atomic E-state index is 6.17. The Hall–Kier alpha value is -2.66. The monoisotopic (exact) mass is 377 g/mol. The summed E-state index contributed by atoms with van der Waals surface area (Å²) in [7, 11) is 0. The first-order valence-corrected chi connectivity index (χ1v) is 9.82. The molecule has 0 aliphatic heterocycles. The van der Waals surface area contributed by atoms with E-state index in [1.165, 1.54) is 37.6 Å². The van der Waals surface area contributed by atoms with E-state index in [1.54, 1.807) is 0 Å². The number of rotatable bonds is 3. The highest BCUT2D eigenvalue weighted by atomic mass is 35.5. The molecule has 2 aromatic heterocycles. The van der Waals surface area contributed by atoms with Crippen LogP contribution in [0, 0.1) is 0 Å². The molecule has 0 radical (unpaired) electrons. The second-order valence-electron chi connectivity index (χ2n) is 7.16. The van der Waals surface area contributed by atoms with Gasteiger partial charge in [-0.1, -0.05) is 55.1 Å². The number of fused-ring (bicyclic) bond motifs is 2. The molecule has 136 valence electrons. The van der Waals surface area contributed by atoms with E-state index < -0.39 is 0 Å². The first kappa shape index (κ1) is 16.5. The highest BCUT2D eigenvalue weighted by Gasteiger charge is 2.17. The van der Waals surface area contributed by atoms with Gasteiger partial charge in [-0.05, 0) is 31.0 Å². The summed E-state index contributed by atoms with van der Waals surface area (Å²) in [5.41, 5.74) is 3.13. The van der Waals surface area contributed by atoms with Gasteiger partial charge in [-0.15, -0.1) is 10.2 Å². The first-order chi connectivity index (χ1) is 13.3. The summed E-state index contributed by atoms with van der Waals surface area (Å²) in [6.07, 6.45) is 8.46. The van der Waals surface area contributed by atoms with Crippen LogP contribution in [0.1, 0.15) is 38.1 Å². The molecule has 5 nitrogen and oxygen atoms in total. The zero-order valence-corrected chi connectivity index (χ0v) is 15.7. The summed E-state index contributed by atoms with van der Waals surface area (Å²) in [6.45, 7) is 0. The fourth-order valence-electron chi connectivity index (χ4n) is 4.06. The summed E-state index contributed by atoms with van der Waals surface area (Å²) >= 11 is 6.17. The molecule has 1 fully saturated rings. The van der Waals surface area contributed by atoms with Crippen molar-refractivity contribution in [3.8, 4) is 0 Å². The second-order valence-corrected chi connectivity index (χ2v) is 7.52. The largest absolute Gasteiger partial charge is 0.338 e. The van der Waals surface area contributed by atoms with Gasteiger partial charge in [0.1, 0.15) is 0 Å². The van der Waals surface area contributed by atoms with E-state index in [1.807, 2.05) is 30.6 Å². The quantitative estimate of drug-likeness (QED) is 0.484. The van der Waals surface area contributed by atoms with Crippen LogP contribution in [0.5, 0.6) is 0 Å². The second kappa shape index (κ2) is 6.82. The Balaban J connectivity index is 1.49. The molecule has 1 saturated carbocycles. The molecule has 5 rings (SSSR count). The Morgan fingerprint density at radius 3 is 2.63 bits per heavy atom. The molecule has 0 saturated heterocycles. The number of aromatic nitrogens is 4. The number of hydrogen-bond acceptors (Lipinski definition) is 4. The molecule has 0 bridgehead atoms. The molecule has 0 spiro atoms. The predicted octanol–water partition coefficient (Wildman–Crippen LogP) is 5.88. The van der Waals surface area contributed by atoms with Gasteiger partial charge in [0.25, 0.3) is 0 Å². The topological polar surface area (TPSA) is 55.6 Å². The van der Waals surface area contributed by atoms with Gasteiger partial charge in [-0.25, -0.2) is 4.98 Å². The first-order valence-electron chi connectivity index (χ1n) is 9.44. The normalized spacial score (nSPS) is 15.4. The molecule has 27 heavy (non-hydrogen) atoms. The van der Waals surface area contributed by atoms with Crippen LogP contribution in [0.3, 0.4) is 0 Å². The lowest BCUT2D eigenvalue weighted by molar-refractivity contribution is 0.359. The van der Waals surface area contributed by atoms with Crippen molar-refractivity contribution in [1.82, 2.24) is 19.7 Å². The van der Waals surface area contributed by atoms with Crippen LogP contribution < -0.4 is 5.32 Å². The minimum absolute atomic E-state index is 0.415. The van der Waals surface area contributed by atoms with Crippen molar-refractivity contribution in [2.24, 2.45) is 0 Å². The molecule has 2 aromatic carbocycles. The van der Waals surface area contributed by atoms with Crippen LogP contribution in [0.25, 0.3) is 21.8 Å². The van der Waals surface area contributed by atoms with Crippen molar-refractivity contribution in [1.29, 1.82) is 0 Å². The Morgan fingerprint density at radius 2 is 1.78 bits per heavy atom. The van der Waals surface area contributed by atoms with E-state index in [9.17, 15) is 0 Å². The van der Waals surface area contributed by atoms with Gasteiger partial charge >= 0.3 is 0 Å². The predicted molar refractivity (Wildman–Crippen MR) is 110 cm³/mol. The van der Waals surface area contributed by atoms with E-state index in [0.29, 0.717) is 17.0 Å². The number of halogens is 1. The third-order valence-corrected chi connectivity index (χ3v) is 5.73. The van der Waals surface area contributed by atoms with Gasteiger partial charge in [-0.3, -0.25) is 0 Å². The van der Waals surface area contributed by atoms with Crippen molar-refractivity contribution >= 4 is 44.9 Å². The fraction of sp³-hybridized carbons (Fsp3) is 0.286. The molecular formula is C21H20ClN5. The summed E-state index contributed by atoms with van der Waals surface area (Å²) in [5, 5.41) is 13.9. The standard InChI is InChI=1S/C21H20ClN5/c22-20-16-8-4-5-9-17(16)21(26-25-20)24-14-10-11-19-18(12-14)23-13-27(19)15-6-2-1-3-7-15/h4-5,8-13,15H,1-3,6-7H2,(H,24,26). The third-order valence-electron chi connectivity index (χ3n) is 5.45. The maximum atomic E-state index is 6.17. The molecule has 4 aromatic rings. The maximum Gasteiger partial charge on any atom is 0.161 e. The van der Waals surface area contributed by atoms with Gasteiger partial charge in [0.15, 0.2) is 11.0 Å². The average Bonchev–Trinajstić information content (AvgIpc) is 3.14. The average molecular weight is 378 g/mol. The summed E-state index contributed by atoms with van der Waals surface area (Å²) < 4.78 is 2.34. The number of anilines is 2. The van der Waals surface area contributed by atoms with E-state index >= 15 is 0 Å². The van der Waals surface area contributed by atoms with E-state index in [0.717, 1.165) is 22.0 Å². The zero-order chi connectivity index (χ0) is 18.2. The molecular weight excluding hydrogens is 358 g/mol. The van der Waals surface area contributed by atoms with E-state index in [-0.39, 0.29) is 0 Å². The Labute approximate surface area is 162 Å². The minimum atomic E-state index is 0.415. The van der Waals surface area contributed by atoms with E-state index in [4.69, 9.17) is 11.6 Å². The highest BCUT2D eigenvalue weighted by Crippen LogP contribution is 2.32. The number of nitrogens with zero attached hydrogens (tertiary/aromatic N) is 4. The molecule has 2 heterocycles. The number of nitrogens with one attached hydrogen (secondary N) is 1. The molecule has 6 heteroatoms. The van der Waals surface area contributed by atoms with Crippen molar-refractivity contribution in [3.05, 3.63) is 53.9 Å². The zero-order valence-electron chi connectivity index (χ0n) is 14.9. The van der Waals surface area contributed by atoms with E-state index in [2.05, 4.69) is 43.3 Å². The lowest BCUT2D eigenvalue weighted by Crippen LogP contribution is -2.11. The highest BCUT2D eigenvalue weighted by molar-refractivity contribution is 6.34. The van der Waals surface area contributed by atoms with Crippen molar-refractivity contribution in [2.75, 3.05) is 5.32 Å². The van der Waals surface area contributed by atoms with Gasteiger partial charge in [0.2, 0.25) is 0 Å². The van der Waals surface area contributed by atoms with Crippen LogP contribution >= 0.6 is 11.6 Å². The Bertz CT molecular complexity index is 1110. The number of benzene rings is 2. The van der Waals surface area contributed by atoms with Gasteiger partial charge in [-0.2, -0.15) is 0 Å². The van der Waals surface area contributed by atoms with Gasteiger partial charge in [0.05, 0.1) is 17.4 Å². The molecule has 0 unspecified atom stereocenters. The smallest absolute Gasteiger partial charge is 0.161 e. The fourth-order valence-corrected chi connectivity index (χ4v) is 4.26. The van der Waals surface area contributed by atoms with Gasteiger partial charge < -0.3 is 9.88 Å². The Kier molecular flexibility index (Phi) is 4.17. The van der Waals surface area contributed by atoms with Crippen LogP contribution in [-0.4, -0.2) is 19.7 Å². The number of imidazole rings is 1. The Morgan fingerprint density at radius 1 is 0.963 bits per heavy atom. The van der Waals surface area contributed by atoms with Crippen LogP contribution in [0.15, 0.2) is 48.8 Å². The molecule has 0 atom stereocenters. The van der Waals surface area contributed by atoms with Crippen molar-refractivity contribution < 1.29 is 0 Å².